The van der Waals surface area contributed by atoms with Gasteiger partial charge in [0.2, 0.25) is 12.1 Å². The minimum atomic E-state index is -5.04. The van der Waals surface area contributed by atoms with Gasteiger partial charge in [0.05, 0.1) is 25.8 Å². The van der Waals surface area contributed by atoms with Gasteiger partial charge in [-0.05, 0) is 12.1 Å². The number of hydrogen-bond donors (Lipinski definition) is 6. The Morgan fingerprint density at radius 1 is 1.14 bits per heavy atom. The summed E-state index contributed by atoms with van der Waals surface area (Å²) in [6.45, 7) is -0.771. The lowest BCUT2D eigenvalue weighted by Gasteiger charge is -2.34. The Labute approximate surface area is 236 Å². The van der Waals surface area contributed by atoms with E-state index in [0.29, 0.717) is 5.69 Å². The Hall–Kier alpha value is -3.84. The van der Waals surface area contributed by atoms with Gasteiger partial charge in [0.1, 0.15) is 30.2 Å². The van der Waals surface area contributed by atoms with Gasteiger partial charge < -0.3 is 35.8 Å². The van der Waals surface area contributed by atoms with Gasteiger partial charge in [-0.3, -0.25) is 29.3 Å². The van der Waals surface area contributed by atoms with E-state index in [1.54, 1.807) is 30.3 Å². The molecular formula is C22H29N8O11P. The van der Waals surface area contributed by atoms with Crippen LogP contribution in [0, 0.1) is 20.2 Å². The molecule has 0 amide bonds. The molecule has 20 heteroatoms. The summed E-state index contributed by atoms with van der Waals surface area (Å²) < 4.78 is 22.7. The van der Waals surface area contributed by atoms with Crippen LogP contribution in [0.25, 0.3) is 11.2 Å². The van der Waals surface area contributed by atoms with Crippen LogP contribution in [-0.2, 0) is 19.6 Å². The number of aliphatic hydroxyl groups excluding tert-OH is 2. The van der Waals surface area contributed by atoms with Crippen LogP contribution < -0.4 is 11.1 Å². The van der Waals surface area contributed by atoms with Gasteiger partial charge in [0, 0.05) is 28.5 Å². The maximum Gasteiger partial charge on any atom is 0.469 e. The zero-order valence-corrected chi connectivity index (χ0v) is 22.7. The Bertz CT molecular complexity index is 1460. The van der Waals surface area contributed by atoms with Gasteiger partial charge in [-0.25, -0.2) is 19.5 Å². The number of nitrogen functional groups attached to an aromatic ring is 1. The van der Waals surface area contributed by atoms with Crippen molar-refractivity contribution in [2.75, 3.05) is 24.2 Å². The second-order valence-electron chi connectivity index (χ2n) is 9.67. The lowest BCUT2D eigenvalue weighted by atomic mass is 9.91. The van der Waals surface area contributed by atoms with Crippen molar-refractivity contribution in [2.45, 2.75) is 55.4 Å². The third kappa shape index (κ3) is 6.79. The number of imidazole rings is 1. The average molecular weight is 612 g/mol. The molecule has 0 radical (unpaired) electrons. The number of aromatic nitrogens is 4. The molecule has 7 N–H and O–H groups in total. The van der Waals surface area contributed by atoms with Crippen molar-refractivity contribution in [3.63, 3.8) is 0 Å². The largest absolute Gasteiger partial charge is 0.469 e. The number of ether oxygens (including phenoxy) is 1. The first-order valence-corrected chi connectivity index (χ1v) is 14.1. The van der Waals surface area contributed by atoms with E-state index in [1.165, 1.54) is 0 Å². The Balaban J connectivity index is 1.66. The summed E-state index contributed by atoms with van der Waals surface area (Å²) in [5.74, 6) is -0.0755. The number of rotatable bonds is 14. The molecule has 1 aliphatic heterocycles. The number of hydrogen-bond acceptors (Lipinski definition) is 14. The minimum absolute atomic E-state index is 0.0323. The first-order valence-electron chi connectivity index (χ1n) is 12.6. The highest BCUT2D eigenvalue weighted by molar-refractivity contribution is 7.46. The predicted octanol–water partition coefficient (Wildman–Crippen LogP) is -0.136. The quantitative estimate of drug-likeness (QED) is 0.0784. The predicted molar refractivity (Wildman–Crippen MR) is 143 cm³/mol. The minimum Gasteiger partial charge on any atom is -0.387 e. The number of benzene rings is 1. The van der Waals surface area contributed by atoms with Gasteiger partial charge in [-0.1, -0.05) is 18.2 Å². The van der Waals surface area contributed by atoms with E-state index in [0.717, 1.165) is 17.2 Å². The Morgan fingerprint density at radius 2 is 1.83 bits per heavy atom. The first-order chi connectivity index (χ1) is 19.8. The van der Waals surface area contributed by atoms with Crippen LogP contribution in [0.15, 0.2) is 43.0 Å². The number of phosphoric ester groups is 1. The molecule has 42 heavy (non-hydrogen) atoms. The summed E-state index contributed by atoms with van der Waals surface area (Å²) in [6.07, 6.45) is -4.67. The van der Waals surface area contributed by atoms with E-state index in [2.05, 4.69) is 24.8 Å². The standard InChI is InChI=1S/C22H29N8O11P/c23-20-17-21(26-11-25-20)28(12-27-17)22(19(32)18(31)16(41-22)10-40-42(37,38)39)9-15(30(35)36)8-14(29(33)34)6-7-24-13-4-2-1-3-5-13/h1-5,11-12,14-16,18-19,24,31-32H,6-10H2,(H2,23,25,26)(H2,37,38,39)/t14?,15?,16-,18-,19-,22-/m1/s1. The molecule has 6 atom stereocenters. The fourth-order valence-electron chi connectivity index (χ4n) is 4.92. The van der Waals surface area contributed by atoms with Gasteiger partial charge in [-0.15, -0.1) is 0 Å². The van der Waals surface area contributed by atoms with Crippen molar-refractivity contribution in [1.29, 1.82) is 0 Å². The third-order valence-electron chi connectivity index (χ3n) is 6.95. The number of nitrogens with two attached hydrogens (primary N) is 1. The summed E-state index contributed by atoms with van der Waals surface area (Å²) in [6, 6.07) is 5.76. The zero-order valence-electron chi connectivity index (χ0n) is 21.8. The summed E-state index contributed by atoms with van der Waals surface area (Å²) in [5, 5.41) is 49.2. The normalized spacial score (nSPS) is 24.0. The molecule has 1 saturated heterocycles. The maximum atomic E-state index is 12.3. The molecule has 19 nitrogen and oxygen atoms in total. The SMILES string of the molecule is Nc1ncnc2c1ncn2[C@]1(CC(CC(CCNc2ccccc2)[N+](=O)[O-])[N+](=O)[O-])O[C@H](COP(=O)(O)O)[C@@H](O)[C@H]1O. The van der Waals surface area contributed by atoms with Gasteiger partial charge in [0.25, 0.3) is 0 Å². The van der Waals surface area contributed by atoms with Crippen LogP contribution in [0.2, 0.25) is 0 Å². The van der Waals surface area contributed by atoms with Crippen molar-refractivity contribution in [1.82, 2.24) is 19.5 Å². The van der Waals surface area contributed by atoms with Crippen molar-refractivity contribution in [3.8, 4) is 0 Å². The highest BCUT2D eigenvalue weighted by atomic mass is 31.2. The van der Waals surface area contributed by atoms with Crippen LogP contribution in [0.5, 0.6) is 0 Å². The van der Waals surface area contributed by atoms with Crippen LogP contribution in [0.4, 0.5) is 11.5 Å². The monoisotopic (exact) mass is 612 g/mol. The lowest BCUT2D eigenvalue weighted by molar-refractivity contribution is -0.564. The second kappa shape index (κ2) is 12.6. The molecule has 0 saturated carbocycles. The molecule has 0 spiro atoms. The molecule has 2 aromatic heterocycles. The van der Waals surface area contributed by atoms with E-state index in [-0.39, 0.29) is 29.9 Å². The topological polar surface area (TPSA) is 284 Å². The molecule has 1 aliphatic rings. The summed E-state index contributed by atoms with van der Waals surface area (Å²) in [4.78, 5) is 53.0. The Kier molecular flexibility index (Phi) is 9.31. The highest BCUT2D eigenvalue weighted by Crippen LogP contribution is 2.44. The zero-order chi connectivity index (χ0) is 30.7. The molecule has 228 valence electrons. The van der Waals surface area contributed by atoms with E-state index >= 15 is 0 Å². The van der Waals surface area contributed by atoms with E-state index in [1.807, 2.05) is 0 Å². The first kappa shape index (κ1) is 31.1. The summed E-state index contributed by atoms with van der Waals surface area (Å²) >= 11 is 0. The number of phosphoric acid groups is 1. The van der Waals surface area contributed by atoms with Crippen LogP contribution in [0.1, 0.15) is 19.3 Å². The molecule has 2 unspecified atom stereocenters. The molecule has 0 aliphatic carbocycles. The number of aliphatic hydroxyl groups is 2. The number of nitro groups is 2. The lowest BCUT2D eigenvalue weighted by Crippen LogP contribution is -2.49. The van der Waals surface area contributed by atoms with Crippen LogP contribution >= 0.6 is 7.82 Å². The number of nitrogens with one attached hydrogen (secondary N) is 1. The number of fused-ring (bicyclic) bond motifs is 1. The average Bonchev–Trinajstić information content (AvgIpc) is 3.47. The van der Waals surface area contributed by atoms with Gasteiger partial charge >= 0.3 is 7.82 Å². The third-order valence-corrected chi connectivity index (χ3v) is 7.43. The number of nitrogens with zero attached hydrogens (tertiary/aromatic N) is 6. The van der Waals surface area contributed by atoms with Crippen molar-refractivity contribution < 1.29 is 43.7 Å². The molecule has 3 aromatic rings. The van der Waals surface area contributed by atoms with E-state index in [4.69, 9.17) is 20.3 Å². The van der Waals surface area contributed by atoms with Crippen molar-refractivity contribution in [2.24, 2.45) is 0 Å². The fourth-order valence-corrected chi connectivity index (χ4v) is 5.26. The Morgan fingerprint density at radius 3 is 2.48 bits per heavy atom. The molecule has 4 rings (SSSR count). The number of anilines is 2. The molecular weight excluding hydrogens is 583 g/mol. The summed E-state index contributed by atoms with van der Waals surface area (Å²) in [5.41, 5.74) is 4.31. The number of para-hydroxylation sites is 1. The van der Waals surface area contributed by atoms with E-state index < -0.39 is 73.2 Å². The smallest absolute Gasteiger partial charge is 0.387 e. The van der Waals surface area contributed by atoms with Gasteiger partial charge in [-0.2, -0.15) is 0 Å². The van der Waals surface area contributed by atoms with Crippen molar-refractivity contribution >= 4 is 30.5 Å². The van der Waals surface area contributed by atoms with Gasteiger partial charge in [0.15, 0.2) is 17.2 Å². The molecule has 1 aromatic carbocycles. The molecule has 0 bridgehead atoms. The molecule has 1 fully saturated rings. The van der Waals surface area contributed by atoms with Crippen LogP contribution in [0.3, 0.4) is 0 Å². The highest BCUT2D eigenvalue weighted by Gasteiger charge is 2.59. The fraction of sp³-hybridized carbons (Fsp3) is 0.500. The van der Waals surface area contributed by atoms with E-state index in [9.17, 15) is 35.0 Å². The second-order valence-corrected chi connectivity index (χ2v) is 10.9. The van der Waals surface area contributed by atoms with Crippen LogP contribution in [-0.4, -0.2) is 92.9 Å². The maximum absolute atomic E-state index is 12.3. The summed E-state index contributed by atoms with van der Waals surface area (Å²) in [7, 11) is -5.04. The van der Waals surface area contributed by atoms with Crippen molar-refractivity contribution in [3.05, 3.63) is 63.2 Å². The molecule has 3 heterocycles.